The monoisotopic (exact) mass is 1010 g/mol. The lowest BCUT2D eigenvalue weighted by Crippen LogP contribution is -2.60. The first kappa shape index (κ1) is 51.3. The topological polar surface area (TPSA) is 171 Å². The molecular formula is C53H67F3N9O6S-. The molecule has 5 heterocycles. The van der Waals surface area contributed by atoms with Crippen LogP contribution in [0.4, 0.5) is 30.4 Å². The number of amides is 1. The van der Waals surface area contributed by atoms with Crippen molar-refractivity contribution in [3.63, 3.8) is 0 Å². The van der Waals surface area contributed by atoms with E-state index in [9.17, 15) is 31.6 Å². The highest BCUT2D eigenvalue weighted by Crippen LogP contribution is 2.53. The van der Waals surface area contributed by atoms with Crippen molar-refractivity contribution in [3.8, 4) is 17.4 Å². The van der Waals surface area contributed by atoms with Gasteiger partial charge < -0.3 is 34.9 Å². The second-order valence-electron chi connectivity index (χ2n) is 20.8. The van der Waals surface area contributed by atoms with Gasteiger partial charge in [0.15, 0.2) is 5.75 Å². The van der Waals surface area contributed by atoms with Crippen LogP contribution >= 0.6 is 0 Å². The number of fused-ring (bicyclic) bond motifs is 1. The maximum absolute atomic E-state index is 14.9. The van der Waals surface area contributed by atoms with Crippen molar-refractivity contribution < 1.29 is 35.9 Å². The number of rotatable bonds is 17. The summed E-state index contributed by atoms with van der Waals surface area (Å²) in [4.78, 5) is 32.1. The van der Waals surface area contributed by atoms with Gasteiger partial charge in [-0.05, 0) is 105 Å². The van der Waals surface area contributed by atoms with E-state index in [2.05, 4.69) is 79.8 Å². The van der Waals surface area contributed by atoms with Gasteiger partial charge in [0.1, 0.15) is 27.9 Å². The second kappa shape index (κ2) is 21.5. The quantitative estimate of drug-likeness (QED) is 0.0753. The Morgan fingerprint density at radius 2 is 1.76 bits per heavy atom. The highest BCUT2D eigenvalue weighted by Gasteiger charge is 2.50. The number of hydroxylamine groups is 1. The van der Waals surface area contributed by atoms with Crippen LogP contribution in [-0.4, -0.2) is 111 Å². The summed E-state index contributed by atoms with van der Waals surface area (Å²) >= 11 is 0. The molecule has 388 valence electrons. The van der Waals surface area contributed by atoms with Crippen LogP contribution in [0, 0.1) is 28.3 Å². The number of pyridine rings is 2. The average molecular weight is 1020 g/mol. The molecule has 15 nitrogen and oxygen atoms in total. The molecule has 1 unspecified atom stereocenters. The zero-order chi connectivity index (χ0) is 50.9. The molecule has 9 rings (SSSR count). The molecular weight excluding hydrogens is 948 g/mol. The average Bonchev–Trinajstić information content (AvgIpc) is 3.71. The zero-order valence-corrected chi connectivity index (χ0v) is 42.6. The number of aromatic nitrogens is 3. The number of anilines is 3. The maximum Gasteiger partial charge on any atom is 0.268 e. The molecule has 0 radical (unpaired) electrons. The first-order chi connectivity index (χ1) is 34.5. The second-order valence-corrected chi connectivity index (χ2v) is 22.4. The first-order valence-electron chi connectivity index (χ1n) is 25.4. The summed E-state index contributed by atoms with van der Waals surface area (Å²) in [7, 11) is -3.33. The Hall–Kier alpha value is -5.63. The van der Waals surface area contributed by atoms with Crippen LogP contribution in [0.1, 0.15) is 113 Å². The van der Waals surface area contributed by atoms with Gasteiger partial charge in [0.05, 0.1) is 29.8 Å². The van der Waals surface area contributed by atoms with E-state index in [0.29, 0.717) is 61.6 Å². The maximum atomic E-state index is 14.9. The molecule has 3 N–H and O–H groups in total. The van der Waals surface area contributed by atoms with Crippen LogP contribution in [0.5, 0.6) is 17.4 Å². The third kappa shape index (κ3) is 11.1. The summed E-state index contributed by atoms with van der Waals surface area (Å²) in [5.74, 6) is 0.0703. The van der Waals surface area contributed by atoms with Crippen molar-refractivity contribution >= 4 is 44.2 Å². The van der Waals surface area contributed by atoms with Gasteiger partial charge in [-0.2, -0.15) is 4.98 Å². The molecule has 72 heavy (non-hydrogen) atoms. The Morgan fingerprint density at radius 3 is 2.47 bits per heavy atom. The fraction of sp³-hybridized carbons (Fsp3) is 0.528. The van der Waals surface area contributed by atoms with Crippen molar-refractivity contribution in [2.75, 3.05) is 74.7 Å². The number of benzene rings is 2. The van der Waals surface area contributed by atoms with Crippen molar-refractivity contribution in [1.29, 1.82) is 0 Å². The highest BCUT2D eigenvalue weighted by atomic mass is 32.2. The number of carbonyl (C=O) groups is 1. The minimum Gasteiger partial charge on any atom is -0.758 e. The number of ether oxygens (including phenoxy) is 2. The van der Waals surface area contributed by atoms with Crippen molar-refractivity contribution in [1.82, 2.24) is 29.5 Å². The molecule has 19 heteroatoms. The zero-order valence-electron chi connectivity index (χ0n) is 41.8. The third-order valence-electron chi connectivity index (χ3n) is 15.5. The molecule has 5 aromatic rings. The minimum absolute atomic E-state index is 0.00832. The summed E-state index contributed by atoms with van der Waals surface area (Å²) in [6.45, 7) is 12.2. The number of carbonyl (C=O) groups excluding carboxylic acids is 1. The fourth-order valence-electron chi connectivity index (χ4n) is 11.4. The van der Waals surface area contributed by atoms with Crippen LogP contribution in [-0.2, 0) is 10.0 Å². The molecule has 1 amide bonds. The van der Waals surface area contributed by atoms with Crippen LogP contribution in [0.25, 0.3) is 11.0 Å². The number of alkyl halides is 2. The molecule has 2 saturated heterocycles. The smallest absolute Gasteiger partial charge is 0.268 e. The molecule has 4 fully saturated rings. The largest absolute Gasteiger partial charge is 0.758 e. The van der Waals surface area contributed by atoms with Crippen molar-refractivity contribution in [2.45, 2.75) is 108 Å². The number of piperazine rings is 1. The predicted octanol–water partition coefficient (Wildman–Crippen LogP) is 10.1. The molecule has 3 aromatic heterocycles. The SMILES string of the molecule is CCOc1nc2[nH]cc(F)c2cc1Oc1cc(N2CCC3(CC2)CC(N2CCN(CC(F)F)CC2c2ccccc2C(C)C)C3)ccc1C(=O)NS(=O)(=O)c1cnc(NCC2CCC(C)CC2)c(N(C)[O-])c1. The number of hydrogen-bond acceptors (Lipinski definition) is 13. The first-order valence-corrected chi connectivity index (χ1v) is 26.9. The molecule has 1 atom stereocenters. The van der Waals surface area contributed by atoms with E-state index in [1.165, 1.54) is 42.6 Å². The van der Waals surface area contributed by atoms with E-state index in [4.69, 9.17) is 9.47 Å². The lowest BCUT2D eigenvalue weighted by atomic mass is 9.59. The molecule has 2 aliphatic heterocycles. The Balaban J connectivity index is 0.937. The van der Waals surface area contributed by atoms with Gasteiger partial charge in [0, 0.05) is 81.6 Å². The number of piperidine rings is 1. The Bertz CT molecular complexity index is 2820. The standard InChI is InChI=1S/C53H67F3N9O6S/c1-6-70-52-47(25-42-43(54)30-59-49(42)60-52)71-46-23-36(15-16-41(46)51(66)61-72(68,69)38-24-44(62(5)67)50(58-29-38)57-28-35-13-11-34(4)12-14-35)64-19-17-53(18-20-64)26-37(27-53)65-22-21-63(32-48(55)56)31-45(65)40-10-8-7-9-39(40)33(2)3/h7-10,15-16,23-25,29-30,33-35,37,45,48H,6,11-14,17-22,26-28,31-32H2,1-5H3,(H,57,58)(H,59,60)(H,61,66)/q-1. The fourth-order valence-corrected chi connectivity index (χ4v) is 12.4. The molecule has 1 spiro atoms. The predicted molar refractivity (Wildman–Crippen MR) is 273 cm³/mol. The number of hydrogen-bond donors (Lipinski definition) is 3. The summed E-state index contributed by atoms with van der Waals surface area (Å²) in [6.07, 6.45) is 8.06. The number of H-pyrrole nitrogens is 1. The van der Waals surface area contributed by atoms with Gasteiger partial charge in [0.25, 0.3) is 28.2 Å². The Kier molecular flexibility index (Phi) is 15.3. The number of aromatic amines is 1. The summed E-state index contributed by atoms with van der Waals surface area (Å²) in [5, 5.41) is 16.7. The van der Waals surface area contributed by atoms with E-state index in [1.54, 1.807) is 19.1 Å². The van der Waals surface area contributed by atoms with Crippen LogP contribution in [0.15, 0.2) is 71.9 Å². The van der Waals surface area contributed by atoms with Crippen LogP contribution in [0.3, 0.4) is 0 Å². The molecule has 2 aromatic carbocycles. The number of nitrogens with one attached hydrogen (secondary N) is 3. The summed E-state index contributed by atoms with van der Waals surface area (Å²) < 4.78 is 84.5. The lowest BCUT2D eigenvalue weighted by Gasteiger charge is -2.58. The van der Waals surface area contributed by atoms with Gasteiger partial charge in [-0.25, -0.2) is 31.3 Å². The third-order valence-corrected chi connectivity index (χ3v) is 16.8. The Morgan fingerprint density at radius 1 is 1.01 bits per heavy atom. The van der Waals surface area contributed by atoms with Gasteiger partial charge in [0.2, 0.25) is 0 Å². The van der Waals surface area contributed by atoms with E-state index < -0.39 is 28.2 Å². The van der Waals surface area contributed by atoms with Gasteiger partial charge >= 0.3 is 0 Å². The molecule has 4 aliphatic rings. The van der Waals surface area contributed by atoms with Crippen molar-refractivity contribution in [3.05, 3.63) is 94.7 Å². The van der Waals surface area contributed by atoms with Crippen LogP contribution < -0.4 is 29.5 Å². The molecule has 0 bridgehead atoms. The van der Waals surface area contributed by atoms with Crippen LogP contribution in [0.2, 0.25) is 0 Å². The van der Waals surface area contributed by atoms with E-state index in [1.807, 2.05) is 4.90 Å². The summed E-state index contributed by atoms with van der Waals surface area (Å²) in [6, 6.07) is 16.3. The summed E-state index contributed by atoms with van der Waals surface area (Å²) in [5.41, 5.74) is 3.42. The number of halogens is 3. The van der Waals surface area contributed by atoms with Crippen molar-refractivity contribution in [2.24, 2.45) is 17.3 Å². The highest BCUT2D eigenvalue weighted by molar-refractivity contribution is 7.90. The van der Waals surface area contributed by atoms with Gasteiger partial charge in [-0.1, -0.05) is 57.9 Å². The normalized spacial score (nSPS) is 21.0. The van der Waals surface area contributed by atoms with Gasteiger partial charge in [-0.15, -0.1) is 0 Å². The number of nitrogens with zero attached hydrogens (tertiary/aromatic N) is 6. The van der Waals surface area contributed by atoms with E-state index in [0.717, 1.165) is 69.8 Å². The number of sulfonamides is 1. The van der Waals surface area contributed by atoms with E-state index >= 15 is 0 Å². The van der Waals surface area contributed by atoms with Gasteiger partial charge in [-0.3, -0.25) is 14.6 Å². The van der Waals surface area contributed by atoms with E-state index in [-0.39, 0.29) is 75.0 Å². The molecule has 2 aliphatic carbocycles. The lowest BCUT2D eigenvalue weighted by molar-refractivity contribution is -0.0673. The molecule has 2 saturated carbocycles. The minimum atomic E-state index is -4.59. The Labute approximate surface area is 420 Å².